The molecule has 32 heavy (non-hydrogen) atoms. The summed E-state index contributed by atoms with van der Waals surface area (Å²) in [6.45, 7) is 3.07. The number of aliphatic hydroxyl groups is 1. The molecular weight excluding hydrogens is 404 g/mol. The van der Waals surface area contributed by atoms with Crippen molar-refractivity contribution in [1.29, 1.82) is 0 Å². The van der Waals surface area contributed by atoms with Gasteiger partial charge in [0.15, 0.2) is 0 Å². The van der Waals surface area contributed by atoms with Crippen molar-refractivity contribution in [2.75, 3.05) is 13.2 Å². The van der Waals surface area contributed by atoms with Crippen LogP contribution in [-0.4, -0.2) is 48.3 Å². The van der Waals surface area contributed by atoms with Gasteiger partial charge in [-0.25, -0.2) is 0 Å². The van der Waals surface area contributed by atoms with Gasteiger partial charge in [0.2, 0.25) is 0 Å². The maximum absolute atomic E-state index is 10.3. The second-order valence-corrected chi connectivity index (χ2v) is 9.27. The molecular formula is C24H26N6O2. The van der Waals surface area contributed by atoms with E-state index in [-0.39, 0.29) is 5.41 Å². The average molecular weight is 431 g/mol. The molecule has 1 aliphatic heterocycles. The van der Waals surface area contributed by atoms with Crippen LogP contribution in [0, 0.1) is 0 Å². The van der Waals surface area contributed by atoms with Gasteiger partial charge in [-0.05, 0) is 37.5 Å². The second kappa shape index (κ2) is 7.21. The lowest BCUT2D eigenvalue weighted by molar-refractivity contribution is -0.0611. The minimum Gasteiger partial charge on any atom is -0.387 e. The summed E-state index contributed by atoms with van der Waals surface area (Å²) >= 11 is 0. The molecule has 1 saturated carbocycles. The molecule has 1 atom stereocenters. The maximum atomic E-state index is 10.3. The molecule has 1 saturated heterocycles. The molecule has 3 aromatic heterocycles. The van der Waals surface area contributed by atoms with Crippen molar-refractivity contribution < 1.29 is 9.84 Å². The van der Waals surface area contributed by atoms with Crippen molar-refractivity contribution in [2.45, 2.75) is 43.6 Å². The predicted octanol–water partition coefficient (Wildman–Crippen LogP) is 3.19. The summed E-state index contributed by atoms with van der Waals surface area (Å²) in [5.41, 5.74) is 5.57. The van der Waals surface area contributed by atoms with Crippen LogP contribution in [0.3, 0.4) is 0 Å². The van der Waals surface area contributed by atoms with E-state index in [2.05, 4.69) is 50.7 Å². The zero-order valence-corrected chi connectivity index (χ0v) is 18.2. The topological polar surface area (TPSA) is 102 Å². The Morgan fingerprint density at radius 3 is 2.78 bits per heavy atom. The summed E-state index contributed by atoms with van der Waals surface area (Å²) < 4.78 is 7.63. The Hall–Kier alpha value is -3.10. The van der Waals surface area contributed by atoms with Crippen molar-refractivity contribution in [3.8, 4) is 11.3 Å². The smallest absolute Gasteiger partial charge is 0.133 e. The molecule has 2 fully saturated rings. The van der Waals surface area contributed by atoms with Crippen molar-refractivity contribution in [3.63, 3.8) is 0 Å². The molecule has 0 amide bonds. The highest BCUT2D eigenvalue weighted by Gasteiger charge is 2.42. The fourth-order valence-electron chi connectivity index (χ4n) is 4.66. The van der Waals surface area contributed by atoms with Crippen LogP contribution in [0.2, 0.25) is 0 Å². The number of aromatic amines is 1. The molecule has 1 aromatic carbocycles. The highest BCUT2D eigenvalue weighted by molar-refractivity contribution is 5.94. The molecule has 4 heterocycles. The van der Waals surface area contributed by atoms with Gasteiger partial charge in [0.05, 0.1) is 30.5 Å². The number of fused-ring (bicyclic) bond motifs is 1. The average Bonchev–Trinajstić information content (AvgIpc) is 3.41. The minimum absolute atomic E-state index is 0.117. The Morgan fingerprint density at radius 1 is 1.28 bits per heavy atom. The Morgan fingerprint density at radius 2 is 2.12 bits per heavy atom. The number of hydrogen-bond donors (Lipinski definition) is 2. The summed E-state index contributed by atoms with van der Waals surface area (Å²) in [7, 11) is 1.97. The first-order chi connectivity index (χ1) is 15.5. The molecule has 8 heteroatoms. The van der Waals surface area contributed by atoms with Gasteiger partial charge in [-0.2, -0.15) is 5.10 Å². The number of ether oxygens (including phenoxy) is 1. The van der Waals surface area contributed by atoms with E-state index in [1.54, 1.807) is 13.3 Å². The van der Waals surface area contributed by atoms with Crippen LogP contribution in [0.15, 0.2) is 36.7 Å². The zero-order valence-electron chi connectivity index (χ0n) is 18.2. The molecule has 6 rings (SSSR count). The van der Waals surface area contributed by atoms with Crippen molar-refractivity contribution in [3.05, 3.63) is 59.4 Å². The normalized spacial score (nSPS) is 18.6. The highest BCUT2D eigenvalue weighted by atomic mass is 16.5. The fourth-order valence-corrected chi connectivity index (χ4v) is 4.66. The van der Waals surface area contributed by atoms with Gasteiger partial charge in [0.25, 0.3) is 0 Å². The van der Waals surface area contributed by atoms with Crippen LogP contribution in [0.1, 0.15) is 54.6 Å². The Bertz CT molecular complexity index is 1300. The van der Waals surface area contributed by atoms with Gasteiger partial charge in [0.1, 0.15) is 17.8 Å². The molecule has 0 radical (unpaired) electrons. The number of nitrogens with zero attached hydrogens (tertiary/aromatic N) is 5. The standard InChI is InChI=1S/C24H26N6O2/c1-14(31)21-23-18(9-19(26-21)15-6-7-15)22(28-29-23)16-4-3-5-17(8-16)24(11-32-12-24)10-20-27-25-13-30(20)2/h3-5,8-9,13-15,31H,6-7,10-12H2,1-2H3,(H,28,29). The number of pyridine rings is 1. The number of rotatable bonds is 6. The number of benzene rings is 1. The largest absolute Gasteiger partial charge is 0.387 e. The second-order valence-electron chi connectivity index (χ2n) is 9.27. The third kappa shape index (κ3) is 3.13. The Labute approximate surface area is 185 Å². The third-order valence-electron chi connectivity index (χ3n) is 6.80. The predicted molar refractivity (Wildman–Crippen MR) is 119 cm³/mol. The Kier molecular flexibility index (Phi) is 4.41. The minimum atomic E-state index is -0.655. The number of nitrogens with one attached hydrogen (secondary N) is 1. The number of hydrogen-bond acceptors (Lipinski definition) is 6. The van der Waals surface area contributed by atoms with E-state index in [9.17, 15) is 5.11 Å². The van der Waals surface area contributed by atoms with E-state index in [1.807, 2.05) is 11.6 Å². The molecule has 2 N–H and O–H groups in total. The zero-order chi connectivity index (χ0) is 21.9. The summed E-state index contributed by atoms with van der Waals surface area (Å²) in [4.78, 5) is 4.75. The maximum Gasteiger partial charge on any atom is 0.133 e. The SMILES string of the molecule is CC(O)c1nc(C2CC2)cc2c(-c3cccc(C4(Cc5nncn5C)COC4)c3)n[nH]c12. The van der Waals surface area contributed by atoms with Gasteiger partial charge >= 0.3 is 0 Å². The molecule has 1 aliphatic carbocycles. The van der Waals surface area contributed by atoms with Crippen LogP contribution >= 0.6 is 0 Å². The number of H-pyrrole nitrogens is 1. The van der Waals surface area contributed by atoms with Crippen molar-refractivity contribution in [1.82, 2.24) is 29.9 Å². The van der Waals surface area contributed by atoms with Gasteiger partial charge < -0.3 is 14.4 Å². The summed E-state index contributed by atoms with van der Waals surface area (Å²) in [6.07, 6.45) is 4.17. The molecule has 0 spiro atoms. The van der Waals surface area contributed by atoms with Crippen LogP contribution in [0.25, 0.3) is 22.2 Å². The van der Waals surface area contributed by atoms with E-state index in [1.165, 1.54) is 5.56 Å². The lowest BCUT2D eigenvalue weighted by atomic mass is 9.75. The fraction of sp³-hybridized carbons (Fsp3) is 0.417. The number of aromatic nitrogens is 6. The third-order valence-corrected chi connectivity index (χ3v) is 6.80. The van der Waals surface area contributed by atoms with Crippen LogP contribution < -0.4 is 0 Å². The first-order valence-electron chi connectivity index (χ1n) is 11.1. The van der Waals surface area contributed by atoms with Crippen LogP contribution in [0.4, 0.5) is 0 Å². The highest BCUT2D eigenvalue weighted by Crippen LogP contribution is 2.42. The van der Waals surface area contributed by atoms with E-state index in [4.69, 9.17) is 9.72 Å². The van der Waals surface area contributed by atoms with Crippen LogP contribution in [-0.2, 0) is 23.6 Å². The molecule has 4 aromatic rings. The quantitative estimate of drug-likeness (QED) is 0.487. The van der Waals surface area contributed by atoms with E-state index in [0.717, 1.165) is 52.9 Å². The Balaban J connectivity index is 1.43. The van der Waals surface area contributed by atoms with E-state index in [0.29, 0.717) is 24.8 Å². The number of aliphatic hydroxyl groups excluding tert-OH is 1. The van der Waals surface area contributed by atoms with E-state index < -0.39 is 6.10 Å². The first-order valence-corrected chi connectivity index (χ1v) is 11.1. The molecule has 2 aliphatic rings. The molecule has 1 unspecified atom stereocenters. The van der Waals surface area contributed by atoms with Gasteiger partial charge in [-0.15, -0.1) is 10.2 Å². The summed E-state index contributed by atoms with van der Waals surface area (Å²) in [5, 5.41) is 27.4. The lowest BCUT2D eigenvalue weighted by Gasteiger charge is -2.41. The molecule has 8 nitrogen and oxygen atoms in total. The van der Waals surface area contributed by atoms with Crippen molar-refractivity contribution >= 4 is 10.9 Å². The summed E-state index contributed by atoms with van der Waals surface area (Å²) in [5.74, 6) is 1.44. The van der Waals surface area contributed by atoms with Crippen LogP contribution in [0.5, 0.6) is 0 Å². The summed E-state index contributed by atoms with van der Waals surface area (Å²) in [6, 6.07) is 10.7. The van der Waals surface area contributed by atoms with Crippen molar-refractivity contribution in [2.24, 2.45) is 7.05 Å². The van der Waals surface area contributed by atoms with Gasteiger partial charge in [-0.3, -0.25) is 10.1 Å². The van der Waals surface area contributed by atoms with Gasteiger partial charge in [-0.1, -0.05) is 18.2 Å². The monoisotopic (exact) mass is 430 g/mol. The lowest BCUT2D eigenvalue weighted by Crippen LogP contribution is -2.49. The molecule has 0 bridgehead atoms. The van der Waals surface area contributed by atoms with E-state index >= 15 is 0 Å². The first kappa shape index (κ1) is 19.6. The molecule has 164 valence electrons. The number of aryl methyl sites for hydroxylation is 1. The van der Waals surface area contributed by atoms with Gasteiger partial charge in [0, 0.05) is 41.4 Å².